The van der Waals surface area contributed by atoms with E-state index in [1.165, 1.54) is 23.0 Å². The molecule has 0 radical (unpaired) electrons. The summed E-state index contributed by atoms with van der Waals surface area (Å²) in [4.78, 5) is 45.4. The van der Waals surface area contributed by atoms with E-state index in [-0.39, 0.29) is 46.8 Å². The van der Waals surface area contributed by atoms with E-state index in [0.717, 1.165) is 6.42 Å². The van der Waals surface area contributed by atoms with Crippen molar-refractivity contribution in [1.82, 2.24) is 29.9 Å². The summed E-state index contributed by atoms with van der Waals surface area (Å²) in [6.07, 6.45) is 3.77. The van der Waals surface area contributed by atoms with Gasteiger partial charge in [-0.3, -0.25) is 9.59 Å². The van der Waals surface area contributed by atoms with Gasteiger partial charge in [-0.05, 0) is 19.8 Å². The number of likely N-dealkylation sites (tertiary alicyclic amines) is 1. The van der Waals surface area contributed by atoms with Gasteiger partial charge in [0.2, 0.25) is 11.8 Å². The van der Waals surface area contributed by atoms with Gasteiger partial charge in [0, 0.05) is 35.7 Å². The van der Waals surface area contributed by atoms with E-state index in [1.807, 2.05) is 11.8 Å². The second kappa shape index (κ2) is 8.41. The number of aromatic nitrogens is 3. The number of nitrogens with one attached hydrogen (secondary N) is 1. The van der Waals surface area contributed by atoms with Gasteiger partial charge in [-0.25, -0.2) is 14.5 Å². The molecule has 3 N–H and O–H groups in total. The molecule has 4 aliphatic heterocycles. The summed E-state index contributed by atoms with van der Waals surface area (Å²) in [5.41, 5.74) is 0.0318. The normalized spacial score (nSPS) is 34.6. The molecular weight excluding hydrogens is 448 g/mol. The standard InChI is InChI=1S/C21H28N6O5S/c1-10-16-15(11(2)28)20(30)27(16)17(21(31)32)18(10)33-13-5-14(23-6-13)19(29)25-4-3-12(7-25)26-9-22-8-24-26/h8-16,23,28H,3-7H2,1-2H3,(H,31,32)/t10-,11-,12+,13+,14+,15-,16-/m1/s1. The van der Waals surface area contributed by atoms with Gasteiger partial charge >= 0.3 is 5.97 Å². The summed E-state index contributed by atoms with van der Waals surface area (Å²) < 4.78 is 1.79. The van der Waals surface area contributed by atoms with Crippen molar-refractivity contribution in [2.24, 2.45) is 11.8 Å². The topological polar surface area (TPSA) is 141 Å². The first kappa shape index (κ1) is 22.4. The Labute approximate surface area is 195 Å². The molecule has 0 unspecified atom stereocenters. The number of carboxylic acids is 1. The van der Waals surface area contributed by atoms with Crippen LogP contribution in [0.4, 0.5) is 0 Å². The fourth-order valence-electron chi connectivity index (χ4n) is 5.62. The third-order valence-corrected chi connectivity index (χ3v) is 8.79. The zero-order valence-corrected chi connectivity index (χ0v) is 19.3. The Kier molecular flexibility index (Phi) is 5.69. The predicted molar refractivity (Wildman–Crippen MR) is 118 cm³/mol. The monoisotopic (exact) mass is 476 g/mol. The number of aliphatic carboxylic acids is 1. The fraction of sp³-hybridized carbons (Fsp3) is 0.667. The molecule has 1 aromatic heterocycles. The van der Waals surface area contributed by atoms with Gasteiger partial charge in [0.25, 0.3) is 0 Å². The molecule has 3 saturated heterocycles. The lowest BCUT2D eigenvalue weighted by atomic mass is 9.79. The third kappa shape index (κ3) is 3.64. The summed E-state index contributed by atoms with van der Waals surface area (Å²) in [5.74, 6) is -2.14. The van der Waals surface area contributed by atoms with Crippen LogP contribution in [0.5, 0.6) is 0 Å². The Morgan fingerprint density at radius 3 is 2.82 bits per heavy atom. The molecule has 2 amide bonds. The number of nitrogens with zero attached hydrogens (tertiary/aromatic N) is 5. The lowest BCUT2D eigenvalue weighted by molar-refractivity contribution is -0.163. The highest BCUT2D eigenvalue weighted by Gasteiger charge is 2.60. The number of hydrogen-bond donors (Lipinski definition) is 3. The maximum absolute atomic E-state index is 13.1. The van der Waals surface area contributed by atoms with Crippen LogP contribution < -0.4 is 5.32 Å². The van der Waals surface area contributed by atoms with Crippen molar-refractivity contribution >= 4 is 29.5 Å². The molecule has 0 bridgehead atoms. The van der Waals surface area contributed by atoms with E-state index in [4.69, 9.17) is 0 Å². The molecule has 5 rings (SSSR count). The number of aliphatic hydroxyl groups excluding tert-OH is 1. The molecule has 11 nitrogen and oxygen atoms in total. The number of carbonyl (C=O) groups is 3. The maximum atomic E-state index is 13.1. The third-order valence-electron chi connectivity index (χ3n) is 7.28. The molecule has 33 heavy (non-hydrogen) atoms. The molecule has 12 heteroatoms. The number of carboxylic acid groups (broad SMARTS) is 1. The fourth-order valence-corrected chi connectivity index (χ4v) is 7.10. The van der Waals surface area contributed by atoms with E-state index in [2.05, 4.69) is 15.4 Å². The summed E-state index contributed by atoms with van der Waals surface area (Å²) in [6, 6.07) is -0.503. The maximum Gasteiger partial charge on any atom is 0.353 e. The van der Waals surface area contributed by atoms with Crippen LogP contribution >= 0.6 is 11.8 Å². The smallest absolute Gasteiger partial charge is 0.353 e. The van der Waals surface area contributed by atoms with Crippen molar-refractivity contribution in [3.63, 3.8) is 0 Å². The number of thioether (sulfide) groups is 1. The zero-order valence-electron chi connectivity index (χ0n) is 18.5. The Balaban J connectivity index is 1.24. The van der Waals surface area contributed by atoms with Crippen LogP contribution in [0.15, 0.2) is 23.3 Å². The highest BCUT2D eigenvalue weighted by molar-refractivity contribution is 8.03. The van der Waals surface area contributed by atoms with Gasteiger partial charge in [0.05, 0.1) is 30.1 Å². The van der Waals surface area contributed by atoms with Crippen LogP contribution in [-0.4, -0.2) is 95.6 Å². The minimum Gasteiger partial charge on any atom is -0.477 e. The molecule has 7 atom stereocenters. The number of aliphatic hydroxyl groups is 1. The summed E-state index contributed by atoms with van der Waals surface area (Å²) in [7, 11) is 0. The van der Waals surface area contributed by atoms with Gasteiger partial charge in [-0.1, -0.05) is 6.92 Å². The van der Waals surface area contributed by atoms with Crippen LogP contribution in [0.3, 0.4) is 0 Å². The van der Waals surface area contributed by atoms with Gasteiger partial charge < -0.3 is 25.3 Å². The molecule has 5 heterocycles. The second-order valence-electron chi connectivity index (χ2n) is 9.31. The number of fused-ring (bicyclic) bond motifs is 1. The number of rotatable bonds is 6. The first-order valence-electron chi connectivity index (χ1n) is 11.3. The first-order valence-corrected chi connectivity index (χ1v) is 12.2. The molecule has 4 aliphatic rings. The van der Waals surface area contributed by atoms with E-state index < -0.39 is 18.0 Å². The van der Waals surface area contributed by atoms with Crippen molar-refractivity contribution in [3.05, 3.63) is 23.3 Å². The first-order chi connectivity index (χ1) is 15.8. The van der Waals surface area contributed by atoms with Crippen LogP contribution in [0.2, 0.25) is 0 Å². The Hall–Kier alpha value is -2.44. The van der Waals surface area contributed by atoms with Crippen molar-refractivity contribution in [3.8, 4) is 0 Å². The van der Waals surface area contributed by atoms with Crippen molar-refractivity contribution in [2.45, 2.75) is 56.2 Å². The minimum absolute atomic E-state index is 0.0262. The van der Waals surface area contributed by atoms with E-state index in [1.54, 1.807) is 17.9 Å². The average molecular weight is 477 g/mol. The van der Waals surface area contributed by atoms with Crippen molar-refractivity contribution in [2.75, 3.05) is 19.6 Å². The predicted octanol–water partition coefficient (Wildman–Crippen LogP) is -0.331. The van der Waals surface area contributed by atoms with Crippen LogP contribution in [-0.2, 0) is 14.4 Å². The lowest BCUT2D eigenvalue weighted by Crippen LogP contribution is -2.63. The molecule has 3 fully saturated rings. The SMILES string of the molecule is C[C@@H](O)[C@H]1C(=O)N2C(C(=O)O)=C(S[C@@H]3CN[C@H](C(=O)N4CC[C@H](n5cncn5)C4)C3)[C@H](C)[C@H]12. The van der Waals surface area contributed by atoms with Crippen LogP contribution in [0, 0.1) is 11.8 Å². The zero-order chi connectivity index (χ0) is 23.4. The Morgan fingerprint density at radius 1 is 1.36 bits per heavy atom. The largest absolute Gasteiger partial charge is 0.477 e. The molecule has 0 saturated carbocycles. The molecule has 0 aromatic carbocycles. The van der Waals surface area contributed by atoms with Crippen LogP contribution in [0.1, 0.15) is 32.7 Å². The molecule has 1 aromatic rings. The summed E-state index contributed by atoms with van der Waals surface area (Å²) in [5, 5.41) is 27.3. The quantitative estimate of drug-likeness (QED) is 0.471. The molecule has 178 valence electrons. The molecule has 0 spiro atoms. The van der Waals surface area contributed by atoms with Gasteiger partial charge in [0.1, 0.15) is 18.4 Å². The molecule has 0 aliphatic carbocycles. The average Bonchev–Trinajstić information content (AvgIpc) is 3.55. The van der Waals surface area contributed by atoms with E-state index in [0.29, 0.717) is 31.0 Å². The van der Waals surface area contributed by atoms with Gasteiger partial charge in [0.15, 0.2) is 0 Å². The number of carbonyl (C=O) groups excluding carboxylic acids is 2. The van der Waals surface area contributed by atoms with E-state index in [9.17, 15) is 24.6 Å². The summed E-state index contributed by atoms with van der Waals surface area (Å²) in [6.45, 7) is 5.34. The summed E-state index contributed by atoms with van der Waals surface area (Å²) >= 11 is 1.45. The van der Waals surface area contributed by atoms with Gasteiger partial charge in [-0.2, -0.15) is 5.10 Å². The molecular formula is C21H28N6O5S. The second-order valence-corrected chi connectivity index (χ2v) is 10.7. The highest BCUT2D eigenvalue weighted by Crippen LogP contribution is 2.51. The number of β-lactam (4-membered cyclic amide) rings is 1. The lowest BCUT2D eigenvalue weighted by Gasteiger charge is -2.46. The highest BCUT2D eigenvalue weighted by atomic mass is 32.2. The number of amides is 2. The van der Waals surface area contributed by atoms with Crippen molar-refractivity contribution in [1.29, 1.82) is 0 Å². The van der Waals surface area contributed by atoms with Gasteiger partial charge in [-0.15, -0.1) is 11.8 Å². The van der Waals surface area contributed by atoms with Crippen LogP contribution in [0.25, 0.3) is 0 Å². The minimum atomic E-state index is -1.13. The Morgan fingerprint density at radius 2 is 2.15 bits per heavy atom. The Bertz CT molecular complexity index is 997. The van der Waals surface area contributed by atoms with Crippen molar-refractivity contribution < 1.29 is 24.6 Å². The number of hydrogen-bond acceptors (Lipinski definition) is 8. The van der Waals surface area contributed by atoms with E-state index >= 15 is 0 Å².